The number of aromatic nitrogens is 4. The highest BCUT2D eigenvalue weighted by Gasteiger charge is 2.28. The number of rotatable bonds is 5. The van der Waals surface area contributed by atoms with Crippen LogP contribution in [0, 0.1) is 0 Å². The van der Waals surface area contributed by atoms with Gasteiger partial charge in [-0.1, -0.05) is 0 Å². The number of hydrogen-bond donors (Lipinski definition) is 2. The molecule has 4 aromatic rings. The summed E-state index contributed by atoms with van der Waals surface area (Å²) < 4.78 is 38.5. The fourth-order valence-corrected chi connectivity index (χ4v) is 3.73. The Hall–Kier alpha value is -3.80. The second-order valence-corrected chi connectivity index (χ2v) is 7.69. The molecule has 0 spiro atoms. The SMILES string of the molecule is CC(=O)Nc1ccc(-c2cnc3c(-c4csc(C(=O)NCC(F)(F)F)c4)cnn3c2)cn1. The molecule has 0 radical (unpaired) electrons. The highest BCUT2D eigenvalue weighted by molar-refractivity contribution is 7.12. The number of carbonyl (C=O) groups excluding carboxylic acids is 2. The summed E-state index contributed by atoms with van der Waals surface area (Å²) in [6, 6.07) is 4.97. The molecule has 0 saturated carbocycles. The van der Waals surface area contributed by atoms with Crippen LogP contribution in [-0.2, 0) is 4.79 Å². The zero-order valence-electron chi connectivity index (χ0n) is 16.5. The zero-order chi connectivity index (χ0) is 22.9. The van der Waals surface area contributed by atoms with Gasteiger partial charge in [-0.05, 0) is 29.1 Å². The molecule has 0 aliphatic carbocycles. The number of alkyl halides is 3. The predicted octanol–water partition coefficient (Wildman–Crippen LogP) is 3.77. The van der Waals surface area contributed by atoms with Gasteiger partial charge in [0, 0.05) is 42.2 Å². The molecule has 2 amide bonds. The lowest BCUT2D eigenvalue weighted by molar-refractivity contribution is -0.123. The summed E-state index contributed by atoms with van der Waals surface area (Å²) in [7, 11) is 0. The topological polar surface area (TPSA) is 101 Å². The van der Waals surface area contributed by atoms with Crippen molar-refractivity contribution in [1.82, 2.24) is 24.9 Å². The Bertz CT molecular complexity index is 1300. The number of anilines is 1. The fraction of sp³-hybridized carbons (Fsp3) is 0.150. The zero-order valence-corrected chi connectivity index (χ0v) is 17.3. The highest BCUT2D eigenvalue weighted by atomic mass is 32.1. The van der Waals surface area contributed by atoms with Gasteiger partial charge in [-0.15, -0.1) is 11.3 Å². The first-order valence-corrected chi connectivity index (χ1v) is 10.1. The van der Waals surface area contributed by atoms with Gasteiger partial charge in [-0.2, -0.15) is 18.3 Å². The van der Waals surface area contributed by atoms with Crippen LogP contribution in [0.2, 0.25) is 0 Å². The van der Waals surface area contributed by atoms with Gasteiger partial charge in [0.2, 0.25) is 5.91 Å². The van der Waals surface area contributed by atoms with Gasteiger partial charge in [-0.3, -0.25) is 9.59 Å². The summed E-state index contributed by atoms with van der Waals surface area (Å²) in [5.41, 5.74) is 3.30. The number of halogens is 3. The van der Waals surface area contributed by atoms with E-state index in [1.807, 2.05) is 5.32 Å². The Morgan fingerprint density at radius 3 is 2.56 bits per heavy atom. The average molecular weight is 460 g/mol. The summed E-state index contributed by atoms with van der Waals surface area (Å²) >= 11 is 1.04. The van der Waals surface area contributed by atoms with Gasteiger partial charge in [0.05, 0.1) is 11.1 Å². The second-order valence-electron chi connectivity index (χ2n) is 6.78. The van der Waals surface area contributed by atoms with E-state index in [-0.39, 0.29) is 10.8 Å². The normalized spacial score (nSPS) is 11.5. The van der Waals surface area contributed by atoms with Crippen LogP contribution in [0.25, 0.3) is 27.9 Å². The predicted molar refractivity (Wildman–Crippen MR) is 112 cm³/mol. The molecule has 4 aromatic heterocycles. The number of pyridine rings is 1. The van der Waals surface area contributed by atoms with Gasteiger partial charge in [0.15, 0.2) is 5.65 Å². The third-order valence-electron chi connectivity index (χ3n) is 4.34. The van der Waals surface area contributed by atoms with Crippen molar-refractivity contribution in [2.75, 3.05) is 11.9 Å². The summed E-state index contributed by atoms with van der Waals surface area (Å²) in [6.07, 6.45) is 2.09. The molecule has 12 heteroatoms. The van der Waals surface area contributed by atoms with E-state index in [0.29, 0.717) is 22.6 Å². The highest BCUT2D eigenvalue weighted by Crippen LogP contribution is 2.29. The standard InChI is InChI=1S/C20H15F3N6O2S/c1-11(30)28-17-3-2-12(5-24-17)14-6-25-18-15(7-27-29(18)8-14)13-4-16(32-9-13)19(31)26-10-20(21,22)23/h2-9H,10H2,1H3,(H,26,31)(H,24,28,30). The number of hydrogen-bond acceptors (Lipinski definition) is 6. The van der Waals surface area contributed by atoms with Gasteiger partial charge in [0.1, 0.15) is 12.4 Å². The van der Waals surface area contributed by atoms with Crippen LogP contribution >= 0.6 is 11.3 Å². The Balaban J connectivity index is 1.55. The van der Waals surface area contributed by atoms with Crippen LogP contribution in [0.5, 0.6) is 0 Å². The Kier molecular flexibility index (Phi) is 5.61. The molecular weight excluding hydrogens is 445 g/mol. The first-order chi connectivity index (χ1) is 15.2. The minimum absolute atomic E-state index is 0.158. The molecule has 0 fully saturated rings. The molecule has 0 aromatic carbocycles. The van der Waals surface area contributed by atoms with E-state index in [1.54, 1.807) is 46.8 Å². The summed E-state index contributed by atoms with van der Waals surface area (Å²) in [4.78, 5) is 31.8. The summed E-state index contributed by atoms with van der Waals surface area (Å²) in [5, 5.41) is 10.4. The number of amides is 2. The van der Waals surface area contributed by atoms with E-state index >= 15 is 0 Å². The van der Waals surface area contributed by atoms with Crippen molar-refractivity contribution < 1.29 is 22.8 Å². The number of carbonyl (C=O) groups is 2. The molecule has 0 bridgehead atoms. The molecule has 4 heterocycles. The maximum Gasteiger partial charge on any atom is 0.405 e. The second kappa shape index (κ2) is 8.38. The van der Waals surface area contributed by atoms with Gasteiger partial charge in [-0.25, -0.2) is 14.5 Å². The van der Waals surface area contributed by atoms with Crippen molar-refractivity contribution in [2.45, 2.75) is 13.1 Å². The third kappa shape index (κ3) is 4.75. The lowest BCUT2D eigenvalue weighted by atomic mass is 10.1. The van der Waals surface area contributed by atoms with Crippen LogP contribution in [-0.4, -0.2) is 44.1 Å². The Morgan fingerprint density at radius 2 is 1.88 bits per heavy atom. The molecule has 0 aliphatic rings. The summed E-state index contributed by atoms with van der Waals surface area (Å²) in [5.74, 6) is -0.573. The van der Waals surface area contributed by atoms with Crippen LogP contribution in [0.1, 0.15) is 16.6 Å². The van der Waals surface area contributed by atoms with Crippen molar-refractivity contribution >= 4 is 34.6 Å². The van der Waals surface area contributed by atoms with E-state index in [1.165, 1.54) is 13.0 Å². The van der Waals surface area contributed by atoms with Gasteiger partial charge >= 0.3 is 6.18 Å². The first kappa shape index (κ1) is 21.4. The van der Waals surface area contributed by atoms with E-state index < -0.39 is 18.6 Å². The van der Waals surface area contributed by atoms with Crippen molar-refractivity contribution in [3.8, 4) is 22.3 Å². The smallest absolute Gasteiger partial charge is 0.342 e. The molecular formula is C20H15F3N6O2S. The molecule has 0 atom stereocenters. The van der Waals surface area contributed by atoms with Crippen molar-refractivity contribution in [1.29, 1.82) is 0 Å². The quantitative estimate of drug-likeness (QED) is 0.472. The molecule has 2 N–H and O–H groups in total. The Morgan fingerprint density at radius 1 is 1.09 bits per heavy atom. The molecule has 0 aliphatic heterocycles. The minimum atomic E-state index is -4.47. The van der Waals surface area contributed by atoms with E-state index in [9.17, 15) is 22.8 Å². The number of nitrogens with one attached hydrogen (secondary N) is 2. The number of nitrogens with zero attached hydrogens (tertiary/aromatic N) is 4. The van der Waals surface area contributed by atoms with Crippen molar-refractivity contribution in [3.63, 3.8) is 0 Å². The lowest BCUT2D eigenvalue weighted by Crippen LogP contribution is -2.33. The number of thiophene rings is 1. The van der Waals surface area contributed by atoms with E-state index in [2.05, 4.69) is 20.4 Å². The molecule has 0 saturated heterocycles. The number of fused-ring (bicyclic) bond motifs is 1. The van der Waals surface area contributed by atoms with Crippen molar-refractivity contribution in [2.24, 2.45) is 0 Å². The van der Waals surface area contributed by atoms with Crippen LogP contribution in [0.15, 0.2) is 48.4 Å². The van der Waals surface area contributed by atoms with Crippen LogP contribution < -0.4 is 10.6 Å². The maximum atomic E-state index is 12.3. The first-order valence-electron chi connectivity index (χ1n) is 9.21. The largest absolute Gasteiger partial charge is 0.405 e. The molecule has 0 unspecified atom stereocenters. The third-order valence-corrected chi connectivity index (χ3v) is 5.27. The summed E-state index contributed by atoms with van der Waals surface area (Å²) in [6.45, 7) is 0.00883. The fourth-order valence-electron chi connectivity index (χ4n) is 2.91. The lowest BCUT2D eigenvalue weighted by Gasteiger charge is -2.06. The van der Waals surface area contributed by atoms with E-state index in [0.717, 1.165) is 22.5 Å². The van der Waals surface area contributed by atoms with Crippen LogP contribution in [0.4, 0.5) is 19.0 Å². The van der Waals surface area contributed by atoms with E-state index in [4.69, 9.17) is 0 Å². The molecule has 164 valence electrons. The Labute approximate surface area is 183 Å². The average Bonchev–Trinajstić information content (AvgIpc) is 3.38. The maximum absolute atomic E-state index is 12.3. The van der Waals surface area contributed by atoms with Gasteiger partial charge < -0.3 is 10.6 Å². The van der Waals surface area contributed by atoms with Crippen LogP contribution in [0.3, 0.4) is 0 Å². The van der Waals surface area contributed by atoms with Gasteiger partial charge in [0.25, 0.3) is 5.91 Å². The molecule has 4 rings (SSSR count). The molecule has 32 heavy (non-hydrogen) atoms. The molecule has 8 nitrogen and oxygen atoms in total. The monoisotopic (exact) mass is 460 g/mol. The minimum Gasteiger partial charge on any atom is -0.342 e. The van der Waals surface area contributed by atoms with Crippen molar-refractivity contribution in [3.05, 3.63) is 53.2 Å².